The molecule has 2 aromatic rings. The van der Waals surface area contributed by atoms with E-state index in [4.69, 9.17) is 5.11 Å². The zero-order valence-electron chi connectivity index (χ0n) is 11.7. The summed E-state index contributed by atoms with van der Waals surface area (Å²) in [6, 6.07) is 3.34. The largest absolute Gasteiger partial charge is 0.478 e. The summed E-state index contributed by atoms with van der Waals surface area (Å²) >= 11 is 1.46. The Morgan fingerprint density at radius 2 is 2.29 bits per heavy atom. The van der Waals surface area contributed by atoms with Crippen LogP contribution in [-0.4, -0.2) is 35.0 Å². The Morgan fingerprint density at radius 3 is 2.90 bits per heavy atom. The molecule has 0 fully saturated rings. The summed E-state index contributed by atoms with van der Waals surface area (Å²) in [5, 5.41) is 14.7. The fraction of sp³-hybridized carbons (Fsp3) is 0.214. The predicted molar refractivity (Wildman–Crippen MR) is 82.9 cm³/mol. The Balaban J connectivity index is 2.25. The zero-order chi connectivity index (χ0) is 15.4. The molecule has 2 aromatic heterocycles. The van der Waals surface area contributed by atoms with Gasteiger partial charge in [0, 0.05) is 31.1 Å². The number of hydrogen-bond donors (Lipinski definition) is 1. The molecule has 0 aliphatic heterocycles. The topological polar surface area (TPSA) is 75.4 Å². The van der Waals surface area contributed by atoms with E-state index in [2.05, 4.69) is 5.10 Å². The molecule has 2 rings (SSSR count). The molecule has 0 spiro atoms. The summed E-state index contributed by atoms with van der Waals surface area (Å²) in [6.07, 6.45) is 4.23. The van der Waals surface area contributed by atoms with E-state index in [-0.39, 0.29) is 5.56 Å². The Bertz CT molecular complexity index is 731. The molecule has 0 aliphatic carbocycles. The van der Waals surface area contributed by atoms with Gasteiger partial charge in [-0.2, -0.15) is 5.10 Å². The minimum absolute atomic E-state index is 0.192. The van der Waals surface area contributed by atoms with Gasteiger partial charge in [0.15, 0.2) is 0 Å². The van der Waals surface area contributed by atoms with Crippen molar-refractivity contribution in [2.24, 2.45) is 0 Å². The SMILES string of the molecule is CN(C)c1cnn(Cc2sccc2/C=C/C(=O)O)c(=O)c1. The summed E-state index contributed by atoms with van der Waals surface area (Å²) in [5.74, 6) is -1.00. The van der Waals surface area contributed by atoms with Gasteiger partial charge in [-0.15, -0.1) is 11.3 Å². The molecular weight excluding hydrogens is 290 g/mol. The van der Waals surface area contributed by atoms with E-state index in [0.717, 1.165) is 22.2 Å². The number of aliphatic carboxylic acids is 1. The first-order valence-corrected chi connectivity index (χ1v) is 7.07. The van der Waals surface area contributed by atoms with Crippen molar-refractivity contribution in [2.45, 2.75) is 6.54 Å². The summed E-state index contributed by atoms with van der Waals surface area (Å²) in [5.41, 5.74) is 1.34. The average Bonchev–Trinajstić information content (AvgIpc) is 2.85. The second-order valence-corrected chi connectivity index (χ2v) is 5.58. The summed E-state index contributed by atoms with van der Waals surface area (Å²) in [4.78, 5) is 25.3. The van der Waals surface area contributed by atoms with Crippen molar-refractivity contribution in [3.63, 3.8) is 0 Å². The molecule has 7 heteroatoms. The van der Waals surface area contributed by atoms with Crippen LogP contribution in [0.4, 0.5) is 5.69 Å². The number of carbonyl (C=O) groups is 1. The highest BCUT2D eigenvalue weighted by atomic mass is 32.1. The third-order valence-corrected chi connectivity index (χ3v) is 3.77. The Hall–Kier alpha value is -2.41. The molecule has 21 heavy (non-hydrogen) atoms. The van der Waals surface area contributed by atoms with Crippen molar-refractivity contribution in [3.05, 3.63) is 50.6 Å². The summed E-state index contributed by atoms with van der Waals surface area (Å²) < 4.78 is 1.36. The number of nitrogens with zero attached hydrogens (tertiary/aromatic N) is 3. The average molecular weight is 305 g/mol. The van der Waals surface area contributed by atoms with Gasteiger partial charge in [-0.1, -0.05) is 0 Å². The lowest BCUT2D eigenvalue weighted by Crippen LogP contribution is -2.24. The number of carboxylic acid groups (broad SMARTS) is 1. The van der Waals surface area contributed by atoms with Gasteiger partial charge in [0.2, 0.25) is 0 Å². The zero-order valence-corrected chi connectivity index (χ0v) is 12.5. The van der Waals surface area contributed by atoms with Crippen molar-refractivity contribution in [1.29, 1.82) is 0 Å². The highest BCUT2D eigenvalue weighted by Crippen LogP contribution is 2.19. The fourth-order valence-electron chi connectivity index (χ4n) is 1.71. The van der Waals surface area contributed by atoms with E-state index >= 15 is 0 Å². The molecule has 0 saturated carbocycles. The van der Waals surface area contributed by atoms with Crippen LogP contribution in [0.25, 0.3) is 6.08 Å². The second kappa shape index (κ2) is 6.36. The molecule has 0 aromatic carbocycles. The van der Waals surface area contributed by atoms with E-state index in [9.17, 15) is 9.59 Å². The molecular formula is C14H15N3O3S. The van der Waals surface area contributed by atoms with Crippen molar-refractivity contribution < 1.29 is 9.90 Å². The number of rotatable bonds is 5. The molecule has 0 aliphatic rings. The van der Waals surface area contributed by atoms with Crippen LogP contribution < -0.4 is 10.5 Å². The third-order valence-electron chi connectivity index (χ3n) is 2.85. The maximum absolute atomic E-state index is 12.0. The minimum Gasteiger partial charge on any atom is -0.478 e. The number of aromatic nitrogens is 2. The van der Waals surface area contributed by atoms with Crippen molar-refractivity contribution in [3.8, 4) is 0 Å². The van der Waals surface area contributed by atoms with Gasteiger partial charge in [-0.05, 0) is 23.1 Å². The van der Waals surface area contributed by atoms with Crippen LogP contribution in [0.3, 0.4) is 0 Å². The molecule has 0 bridgehead atoms. The molecule has 0 atom stereocenters. The highest BCUT2D eigenvalue weighted by molar-refractivity contribution is 7.10. The molecule has 110 valence electrons. The van der Waals surface area contributed by atoms with Crippen molar-refractivity contribution in [1.82, 2.24) is 9.78 Å². The third kappa shape index (κ3) is 3.79. The lowest BCUT2D eigenvalue weighted by molar-refractivity contribution is -0.131. The number of thiophene rings is 1. The predicted octanol–water partition coefficient (Wildman–Crippen LogP) is 1.52. The van der Waals surface area contributed by atoms with Gasteiger partial charge in [0.25, 0.3) is 5.56 Å². The maximum Gasteiger partial charge on any atom is 0.328 e. The minimum atomic E-state index is -1.00. The number of carboxylic acids is 1. The van der Waals surface area contributed by atoms with E-state index in [1.807, 2.05) is 30.4 Å². The van der Waals surface area contributed by atoms with E-state index in [1.165, 1.54) is 28.2 Å². The quantitative estimate of drug-likeness (QED) is 0.848. The Morgan fingerprint density at radius 1 is 1.52 bits per heavy atom. The molecule has 0 unspecified atom stereocenters. The molecule has 0 amide bonds. The van der Waals surface area contributed by atoms with Gasteiger partial charge in [-0.3, -0.25) is 4.79 Å². The molecule has 2 heterocycles. The molecule has 1 N–H and O–H groups in total. The van der Waals surface area contributed by atoms with Crippen LogP contribution >= 0.6 is 11.3 Å². The smallest absolute Gasteiger partial charge is 0.328 e. The lowest BCUT2D eigenvalue weighted by atomic mass is 10.2. The number of anilines is 1. The normalized spacial score (nSPS) is 11.0. The van der Waals surface area contributed by atoms with Crippen LogP contribution in [0.5, 0.6) is 0 Å². The maximum atomic E-state index is 12.0. The van der Waals surface area contributed by atoms with Gasteiger partial charge < -0.3 is 10.0 Å². The standard InChI is InChI=1S/C14H15N3O3S/c1-16(2)11-7-13(18)17(15-8-11)9-12-10(5-6-21-12)3-4-14(19)20/h3-8H,9H2,1-2H3,(H,19,20)/b4-3+. The summed E-state index contributed by atoms with van der Waals surface area (Å²) in [6.45, 7) is 0.323. The van der Waals surface area contributed by atoms with Crippen LogP contribution in [0, 0.1) is 0 Å². The van der Waals surface area contributed by atoms with Crippen LogP contribution in [0.2, 0.25) is 0 Å². The molecule has 0 radical (unpaired) electrons. The monoisotopic (exact) mass is 305 g/mol. The first-order valence-electron chi connectivity index (χ1n) is 6.19. The van der Waals surface area contributed by atoms with Crippen molar-refractivity contribution >= 4 is 29.1 Å². The van der Waals surface area contributed by atoms with E-state index in [0.29, 0.717) is 6.54 Å². The van der Waals surface area contributed by atoms with E-state index in [1.54, 1.807) is 6.20 Å². The van der Waals surface area contributed by atoms with Crippen molar-refractivity contribution in [2.75, 3.05) is 19.0 Å². The van der Waals surface area contributed by atoms with E-state index < -0.39 is 5.97 Å². The fourth-order valence-corrected chi connectivity index (χ4v) is 2.56. The molecule has 0 saturated heterocycles. The van der Waals surface area contributed by atoms with Crippen LogP contribution in [0.15, 0.2) is 34.6 Å². The van der Waals surface area contributed by atoms with Gasteiger partial charge in [0.05, 0.1) is 18.4 Å². The summed E-state index contributed by atoms with van der Waals surface area (Å²) in [7, 11) is 3.68. The first kappa shape index (κ1) is 15.0. The second-order valence-electron chi connectivity index (χ2n) is 4.57. The Labute approximate surface area is 125 Å². The van der Waals surface area contributed by atoms with Gasteiger partial charge in [-0.25, -0.2) is 9.48 Å². The molecule has 6 nitrogen and oxygen atoms in total. The van der Waals surface area contributed by atoms with Gasteiger partial charge in [0.1, 0.15) is 0 Å². The van der Waals surface area contributed by atoms with Crippen LogP contribution in [0.1, 0.15) is 10.4 Å². The number of hydrogen-bond acceptors (Lipinski definition) is 5. The highest BCUT2D eigenvalue weighted by Gasteiger charge is 2.07. The van der Waals surface area contributed by atoms with Crippen LogP contribution in [-0.2, 0) is 11.3 Å². The van der Waals surface area contributed by atoms with Gasteiger partial charge >= 0.3 is 5.97 Å². The lowest BCUT2D eigenvalue weighted by Gasteiger charge is -2.12. The first-order chi connectivity index (χ1) is 9.97. The Kier molecular flexibility index (Phi) is 4.54.